The van der Waals surface area contributed by atoms with Gasteiger partial charge in [-0.05, 0) is 42.8 Å². The zero-order chi connectivity index (χ0) is 24.5. The molecule has 1 N–H and O–H groups in total. The van der Waals surface area contributed by atoms with Crippen molar-refractivity contribution in [3.05, 3.63) is 114 Å². The number of aromatic nitrogens is 2. The van der Waals surface area contributed by atoms with Crippen LogP contribution in [-0.2, 0) is 6.54 Å². The summed E-state index contributed by atoms with van der Waals surface area (Å²) in [6.45, 7) is 3.06. The number of para-hydroxylation sites is 2. The van der Waals surface area contributed by atoms with E-state index in [0.717, 1.165) is 34.3 Å². The smallest absolute Gasteiger partial charge is 0.272 e. The number of pyridine rings is 1. The first kappa shape index (κ1) is 21.7. The molecule has 0 unspecified atom stereocenters. The Hall–Kier alpha value is -4.77. The summed E-state index contributed by atoms with van der Waals surface area (Å²) in [5, 5.41) is 7.47. The predicted molar refractivity (Wildman–Crippen MR) is 147 cm³/mol. The van der Waals surface area contributed by atoms with Crippen LogP contribution in [0.4, 0.5) is 0 Å². The molecule has 5 nitrogen and oxygen atoms in total. The van der Waals surface area contributed by atoms with Gasteiger partial charge in [0.2, 0.25) is 0 Å². The largest absolute Gasteiger partial charge is 0.341 e. The molecular formula is C31H24N4O. The Balaban J connectivity index is 1.32. The van der Waals surface area contributed by atoms with Gasteiger partial charge in [0.25, 0.3) is 5.91 Å². The first-order valence-electron chi connectivity index (χ1n) is 12.0. The number of rotatable bonds is 5. The van der Waals surface area contributed by atoms with Gasteiger partial charge in [0, 0.05) is 39.3 Å². The van der Waals surface area contributed by atoms with Crippen molar-refractivity contribution in [1.29, 1.82) is 0 Å². The topological polar surface area (TPSA) is 59.3 Å². The molecule has 36 heavy (non-hydrogen) atoms. The number of hydrogen-bond acceptors (Lipinski definition) is 3. The second-order valence-electron chi connectivity index (χ2n) is 8.68. The Labute approximate surface area is 208 Å². The molecule has 1 amide bonds. The molecule has 0 fully saturated rings. The maximum absolute atomic E-state index is 13.2. The predicted octanol–water partition coefficient (Wildman–Crippen LogP) is 6.79. The highest BCUT2D eigenvalue weighted by atomic mass is 16.2. The first-order chi connectivity index (χ1) is 17.7. The van der Waals surface area contributed by atoms with Crippen molar-refractivity contribution in [2.45, 2.75) is 13.5 Å². The molecule has 6 aromatic rings. The van der Waals surface area contributed by atoms with Crippen molar-refractivity contribution < 1.29 is 4.79 Å². The molecule has 0 aliphatic carbocycles. The van der Waals surface area contributed by atoms with E-state index in [-0.39, 0.29) is 5.91 Å². The number of hydrogen-bond donors (Lipinski definition) is 1. The van der Waals surface area contributed by atoms with Crippen molar-refractivity contribution in [2.24, 2.45) is 5.10 Å². The molecule has 2 heterocycles. The minimum Gasteiger partial charge on any atom is -0.341 e. The van der Waals surface area contributed by atoms with E-state index in [9.17, 15) is 4.79 Å². The van der Waals surface area contributed by atoms with Crippen LogP contribution in [0.5, 0.6) is 0 Å². The van der Waals surface area contributed by atoms with Gasteiger partial charge < -0.3 is 4.57 Å². The van der Waals surface area contributed by atoms with Gasteiger partial charge in [0.1, 0.15) is 0 Å². The number of nitrogens with one attached hydrogen (secondary N) is 1. The van der Waals surface area contributed by atoms with E-state index in [1.165, 1.54) is 21.8 Å². The van der Waals surface area contributed by atoms with Gasteiger partial charge in [-0.1, -0.05) is 72.8 Å². The molecule has 0 aliphatic heterocycles. The van der Waals surface area contributed by atoms with Crippen LogP contribution < -0.4 is 5.43 Å². The summed E-state index contributed by atoms with van der Waals surface area (Å²) in [7, 11) is 0. The third-order valence-corrected chi connectivity index (χ3v) is 6.52. The van der Waals surface area contributed by atoms with Crippen LogP contribution in [0.25, 0.3) is 44.0 Å². The van der Waals surface area contributed by atoms with Crippen LogP contribution in [0.3, 0.4) is 0 Å². The molecule has 6 rings (SSSR count). The number of nitrogens with zero attached hydrogens (tertiary/aromatic N) is 3. The van der Waals surface area contributed by atoms with Crippen LogP contribution in [0.1, 0.15) is 22.8 Å². The maximum Gasteiger partial charge on any atom is 0.272 e. The quantitative estimate of drug-likeness (QED) is 0.224. The molecule has 0 saturated carbocycles. The number of benzene rings is 4. The molecule has 0 bridgehead atoms. The number of carbonyl (C=O) groups is 1. The van der Waals surface area contributed by atoms with Gasteiger partial charge in [-0.2, -0.15) is 5.10 Å². The molecule has 0 spiro atoms. The van der Waals surface area contributed by atoms with E-state index in [2.05, 4.69) is 58.4 Å². The van der Waals surface area contributed by atoms with Crippen LogP contribution in [-0.4, -0.2) is 21.7 Å². The van der Waals surface area contributed by atoms with Crippen LogP contribution >= 0.6 is 0 Å². The maximum atomic E-state index is 13.2. The highest BCUT2D eigenvalue weighted by molar-refractivity contribution is 6.10. The third kappa shape index (κ3) is 3.81. The van der Waals surface area contributed by atoms with Crippen LogP contribution in [0.15, 0.2) is 108 Å². The summed E-state index contributed by atoms with van der Waals surface area (Å²) in [6, 6.07) is 34.0. The fourth-order valence-corrected chi connectivity index (χ4v) is 4.84. The Morgan fingerprint density at radius 3 is 2.39 bits per heavy atom. The van der Waals surface area contributed by atoms with Crippen molar-refractivity contribution in [3.63, 3.8) is 0 Å². The van der Waals surface area contributed by atoms with E-state index in [0.29, 0.717) is 5.56 Å². The monoisotopic (exact) mass is 468 g/mol. The summed E-state index contributed by atoms with van der Waals surface area (Å²) in [6.07, 6.45) is 1.69. The Kier molecular flexibility index (Phi) is 5.51. The van der Waals surface area contributed by atoms with E-state index in [4.69, 9.17) is 4.98 Å². The zero-order valence-electron chi connectivity index (χ0n) is 19.8. The van der Waals surface area contributed by atoms with E-state index in [1.807, 2.05) is 66.7 Å². The van der Waals surface area contributed by atoms with E-state index >= 15 is 0 Å². The molecule has 2 aromatic heterocycles. The van der Waals surface area contributed by atoms with Crippen molar-refractivity contribution in [2.75, 3.05) is 0 Å². The van der Waals surface area contributed by atoms with E-state index < -0.39 is 0 Å². The van der Waals surface area contributed by atoms with E-state index in [1.54, 1.807) is 6.21 Å². The number of aryl methyl sites for hydroxylation is 1. The summed E-state index contributed by atoms with van der Waals surface area (Å²) in [5.74, 6) is -0.273. The van der Waals surface area contributed by atoms with Gasteiger partial charge in [0.05, 0.1) is 23.0 Å². The van der Waals surface area contributed by atoms with Gasteiger partial charge >= 0.3 is 0 Å². The Bertz CT molecular complexity index is 1770. The third-order valence-electron chi connectivity index (χ3n) is 6.52. The van der Waals surface area contributed by atoms with Gasteiger partial charge in [-0.15, -0.1) is 0 Å². The number of fused-ring (bicyclic) bond motifs is 4. The summed E-state index contributed by atoms with van der Waals surface area (Å²) >= 11 is 0. The van der Waals surface area contributed by atoms with Gasteiger partial charge in [-0.3, -0.25) is 4.79 Å². The lowest BCUT2D eigenvalue weighted by molar-refractivity contribution is 0.0956. The fraction of sp³-hybridized carbons (Fsp3) is 0.0645. The molecule has 174 valence electrons. The minimum absolute atomic E-state index is 0.273. The highest BCUT2D eigenvalue weighted by Crippen LogP contribution is 2.29. The molecule has 4 aromatic carbocycles. The lowest BCUT2D eigenvalue weighted by Gasteiger charge is -2.09. The summed E-state index contributed by atoms with van der Waals surface area (Å²) < 4.78 is 2.31. The highest BCUT2D eigenvalue weighted by Gasteiger charge is 2.14. The summed E-state index contributed by atoms with van der Waals surface area (Å²) in [5.41, 5.74) is 9.07. The zero-order valence-corrected chi connectivity index (χ0v) is 19.8. The second-order valence-corrected chi connectivity index (χ2v) is 8.68. The van der Waals surface area contributed by atoms with Crippen LogP contribution in [0, 0.1) is 0 Å². The van der Waals surface area contributed by atoms with Gasteiger partial charge in [-0.25, -0.2) is 10.4 Å². The average Bonchev–Trinajstić information content (AvgIpc) is 3.26. The van der Waals surface area contributed by atoms with Crippen molar-refractivity contribution in [1.82, 2.24) is 15.0 Å². The molecule has 0 aliphatic rings. The Morgan fingerprint density at radius 1 is 0.833 bits per heavy atom. The number of hydrazone groups is 1. The van der Waals surface area contributed by atoms with Crippen molar-refractivity contribution >= 4 is 44.8 Å². The normalized spacial score (nSPS) is 11.6. The summed E-state index contributed by atoms with van der Waals surface area (Å²) in [4.78, 5) is 18.0. The van der Waals surface area contributed by atoms with Crippen LogP contribution in [0.2, 0.25) is 0 Å². The molecule has 5 heteroatoms. The SMILES string of the molecule is CCn1c2ccccc2c2cc(/C=N\NC(=O)c3cc(-c4ccccc4)nc4ccccc34)ccc21. The first-order valence-corrected chi connectivity index (χ1v) is 12.0. The van der Waals surface area contributed by atoms with Crippen molar-refractivity contribution in [3.8, 4) is 11.3 Å². The second kappa shape index (κ2) is 9.12. The lowest BCUT2D eigenvalue weighted by atomic mass is 10.0. The number of carbonyl (C=O) groups excluding carboxylic acids is 1. The fourth-order valence-electron chi connectivity index (χ4n) is 4.84. The number of amides is 1. The standard InChI is InChI=1S/C31H24N4O/c1-2-35-29-15-9-7-13-24(29)25-18-21(16-17-30(25)35)20-32-34-31(36)26-19-28(22-10-4-3-5-11-22)33-27-14-8-6-12-23(26)27/h3-20H,2H2,1H3,(H,34,36)/b32-20-. The molecule has 0 saturated heterocycles. The van der Waals surface area contributed by atoms with Gasteiger partial charge in [0.15, 0.2) is 0 Å². The molecule has 0 radical (unpaired) electrons. The average molecular weight is 469 g/mol. The molecular weight excluding hydrogens is 444 g/mol. The molecule has 0 atom stereocenters. The lowest BCUT2D eigenvalue weighted by Crippen LogP contribution is -2.18. The Morgan fingerprint density at radius 2 is 1.56 bits per heavy atom. The minimum atomic E-state index is -0.273.